The van der Waals surface area contributed by atoms with Gasteiger partial charge in [-0.05, 0) is 49.4 Å². The fraction of sp³-hybridized carbons (Fsp3) is 0.364. The molecule has 26 heavy (non-hydrogen) atoms. The van der Waals surface area contributed by atoms with Gasteiger partial charge < -0.3 is 4.90 Å². The van der Waals surface area contributed by atoms with E-state index in [-0.39, 0.29) is 5.91 Å². The summed E-state index contributed by atoms with van der Waals surface area (Å²) >= 11 is 1.74. The second kappa shape index (κ2) is 7.28. The third-order valence-corrected chi connectivity index (χ3v) is 6.43. The van der Waals surface area contributed by atoms with Crippen molar-refractivity contribution in [3.05, 3.63) is 53.6 Å². The first kappa shape index (κ1) is 17.3. The number of carbonyl (C=O) groups excluding carboxylic acids is 1. The number of hydrogen-bond donors (Lipinski definition) is 0. The maximum absolute atomic E-state index is 12.9. The van der Waals surface area contributed by atoms with Crippen LogP contribution in [0, 0.1) is 5.92 Å². The van der Waals surface area contributed by atoms with E-state index in [4.69, 9.17) is 4.99 Å². The maximum Gasteiger partial charge on any atom is 0.253 e. The predicted octanol–water partition coefficient (Wildman–Crippen LogP) is 5.55. The van der Waals surface area contributed by atoms with Gasteiger partial charge in [-0.1, -0.05) is 43.8 Å². The molecular formula is C22H24N2OS. The molecule has 0 aromatic heterocycles. The number of piperidine rings is 1. The molecule has 2 aliphatic heterocycles. The molecule has 2 heterocycles. The molecule has 0 aliphatic carbocycles. The molecule has 1 saturated heterocycles. The van der Waals surface area contributed by atoms with Crippen molar-refractivity contribution in [3.8, 4) is 0 Å². The zero-order valence-corrected chi connectivity index (χ0v) is 16.2. The number of benzene rings is 2. The van der Waals surface area contributed by atoms with E-state index in [2.05, 4.69) is 44.2 Å². The highest BCUT2D eigenvalue weighted by molar-refractivity contribution is 7.99. The Hall–Kier alpha value is -2.07. The van der Waals surface area contributed by atoms with E-state index < -0.39 is 0 Å². The minimum Gasteiger partial charge on any atom is -0.339 e. The molecule has 0 bridgehead atoms. The molecule has 0 unspecified atom stereocenters. The van der Waals surface area contributed by atoms with Crippen LogP contribution in [0.4, 0.5) is 5.69 Å². The molecule has 0 saturated carbocycles. The van der Waals surface area contributed by atoms with Gasteiger partial charge in [0.25, 0.3) is 5.91 Å². The summed E-state index contributed by atoms with van der Waals surface area (Å²) in [6.07, 6.45) is 3.07. The fourth-order valence-electron chi connectivity index (χ4n) is 3.61. The molecule has 2 aromatic rings. The highest BCUT2D eigenvalue weighted by Crippen LogP contribution is 2.41. The maximum atomic E-state index is 12.9. The number of hydrogen-bond acceptors (Lipinski definition) is 3. The number of carbonyl (C=O) groups is 1. The van der Waals surface area contributed by atoms with Crippen molar-refractivity contribution >= 4 is 29.1 Å². The van der Waals surface area contributed by atoms with Crippen LogP contribution >= 0.6 is 11.8 Å². The Bertz CT molecular complexity index is 866. The Morgan fingerprint density at radius 1 is 1.15 bits per heavy atom. The van der Waals surface area contributed by atoms with Crippen molar-refractivity contribution in [1.82, 2.24) is 4.90 Å². The van der Waals surface area contributed by atoms with Crippen LogP contribution < -0.4 is 0 Å². The Balaban J connectivity index is 1.68. The lowest BCUT2D eigenvalue weighted by atomic mass is 9.98. The number of nitrogens with zero attached hydrogens (tertiary/aromatic N) is 2. The number of likely N-dealkylation sites (tertiary alicyclic amines) is 1. The molecule has 4 rings (SSSR count). The largest absolute Gasteiger partial charge is 0.339 e. The van der Waals surface area contributed by atoms with Crippen LogP contribution in [-0.2, 0) is 0 Å². The molecule has 0 atom stereocenters. The van der Waals surface area contributed by atoms with Crippen molar-refractivity contribution in [3.63, 3.8) is 0 Å². The summed E-state index contributed by atoms with van der Waals surface area (Å²) < 4.78 is 0. The van der Waals surface area contributed by atoms with Crippen molar-refractivity contribution in [2.24, 2.45) is 10.9 Å². The van der Waals surface area contributed by atoms with E-state index in [1.54, 1.807) is 11.8 Å². The Labute approximate surface area is 159 Å². The molecule has 0 N–H and O–H groups in total. The zero-order chi connectivity index (χ0) is 18.1. The number of fused-ring (bicyclic) bond motifs is 2. The first-order valence-electron chi connectivity index (χ1n) is 9.44. The number of amides is 1. The zero-order valence-electron chi connectivity index (χ0n) is 15.4. The molecule has 1 fully saturated rings. The highest BCUT2D eigenvalue weighted by atomic mass is 32.2. The number of rotatable bonds is 2. The van der Waals surface area contributed by atoms with E-state index in [1.165, 1.54) is 10.5 Å². The smallest absolute Gasteiger partial charge is 0.253 e. The standard InChI is InChI=1S/C22H24N2OS/c1-3-18-17-6-4-5-7-20(17)26-21-9-8-16(14-19(21)23-18)22(25)24-12-10-15(2)11-13-24/h4-9,14-15H,3,10-13H2,1-2H3. The van der Waals surface area contributed by atoms with Crippen LogP contribution in [-0.4, -0.2) is 29.6 Å². The minimum atomic E-state index is 0.139. The molecular weight excluding hydrogens is 340 g/mol. The van der Waals surface area contributed by atoms with Gasteiger partial charge in [0.2, 0.25) is 0 Å². The summed E-state index contributed by atoms with van der Waals surface area (Å²) in [6.45, 7) is 6.12. The van der Waals surface area contributed by atoms with Gasteiger partial charge in [-0.15, -0.1) is 0 Å². The van der Waals surface area contributed by atoms with Crippen LogP contribution in [0.3, 0.4) is 0 Å². The fourth-order valence-corrected chi connectivity index (χ4v) is 4.63. The molecule has 4 heteroatoms. The van der Waals surface area contributed by atoms with Crippen LogP contribution in [0.1, 0.15) is 49.0 Å². The van der Waals surface area contributed by atoms with Crippen molar-refractivity contribution < 1.29 is 4.79 Å². The van der Waals surface area contributed by atoms with E-state index in [0.717, 1.165) is 60.1 Å². The lowest BCUT2D eigenvalue weighted by Crippen LogP contribution is -2.37. The van der Waals surface area contributed by atoms with Crippen molar-refractivity contribution in [1.29, 1.82) is 0 Å². The topological polar surface area (TPSA) is 32.7 Å². The highest BCUT2D eigenvalue weighted by Gasteiger charge is 2.23. The normalized spacial score (nSPS) is 17.2. The Morgan fingerprint density at radius 3 is 2.69 bits per heavy atom. The molecule has 1 amide bonds. The van der Waals surface area contributed by atoms with E-state index in [9.17, 15) is 4.79 Å². The van der Waals surface area contributed by atoms with Gasteiger partial charge >= 0.3 is 0 Å². The second-order valence-corrected chi connectivity index (χ2v) is 8.25. The van der Waals surface area contributed by atoms with Gasteiger partial charge in [0.15, 0.2) is 0 Å². The average Bonchev–Trinajstić information content (AvgIpc) is 2.83. The van der Waals surface area contributed by atoms with Crippen LogP contribution in [0.15, 0.2) is 57.2 Å². The van der Waals surface area contributed by atoms with Gasteiger partial charge in [-0.25, -0.2) is 0 Å². The SMILES string of the molecule is CCC1=Nc2cc(C(=O)N3CCC(C)CC3)ccc2Sc2ccccc21. The lowest BCUT2D eigenvalue weighted by molar-refractivity contribution is 0.0697. The van der Waals surface area contributed by atoms with Crippen LogP contribution in [0.5, 0.6) is 0 Å². The second-order valence-electron chi connectivity index (χ2n) is 7.17. The first-order chi connectivity index (χ1) is 12.7. The van der Waals surface area contributed by atoms with Crippen LogP contribution in [0.25, 0.3) is 0 Å². The molecule has 2 aliphatic rings. The quantitative estimate of drug-likeness (QED) is 0.699. The number of aliphatic imine (C=N–C) groups is 1. The first-order valence-corrected chi connectivity index (χ1v) is 10.3. The third-order valence-electron chi connectivity index (χ3n) is 5.28. The van der Waals surface area contributed by atoms with E-state index in [1.807, 2.05) is 17.0 Å². The summed E-state index contributed by atoms with van der Waals surface area (Å²) in [5.41, 5.74) is 3.96. The summed E-state index contributed by atoms with van der Waals surface area (Å²) in [7, 11) is 0. The lowest BCUT2D eigenvalue weighted by Gasteiger charge is -2.30. The van der Waals surface area contributed by atoms with Gasteiger partial charge in [0.1, 0.15) is 0 Å². The average molecular weight is 365 g/mol. The molecule has 2 aromatic carbocycles. The van der Waals surface area contributed by atoms with E-state index in [0.29, 0.717) is 0 Å². The molecule has 3 nitrogen and oxygen atoms in total. The molecule has 0 radical (unpaired) electrons. The summed E-state index contributed by atoms with van der Waals surface area (Å²) in [6, 6.07) is 14.4. The van der Waals surface area contributed by atoms with Gasteiger partial charge in [0, 0.05) is 39.7 Å². The summed E-state index contributed by atoms with van der Waals surface area (Å²) in [5.74, 6) is 0.859. The minimum absolute atomic E-state index is 0.139. The van der Waals surface area contributed by atoms with Gasteiger partial charge in [-0.3, -0.25) is 9.79 Å². The van der Waals surface area contributed by atoms with Crippen molar-refractivity contribution in [2.45, 2.75) is 42.9 Å². The molecule has 0 spiro atoms. The van der Waals surface area contributed by atoms with Crippen LogP contribution in [0.2, 0.25) is 0 Å². The van der Waals surface area contributed by atoms with Gasteiger partial charge in [-0.2, -0.15) is 0 Å². The Morgan fingerprint density at radius 2 is 1.92 bits per heavy atom. The summed E-state index contributed by atoms with van der Waals surface area (Å²) in [5, 5.41) is 0. The van der Waals surface area contributed by atoms with E-state index >= 15 is 0 Å². The summed E-state index contributed by atoms with van der Waals surface area (Å²) in [4.78, 5) is 22.2. The molecule has 134 valence electrons. The predicted molar refractivity (Wildman–Crippen MR) is 108 cm³/mol. The monoisotopic (exact) mass is 364 g/mol. The van der Waals surface area contributed by atoms with Crippen molar-refractivity contribution in [2.75, 3.05) is 13.1 Å². The third kappa shape index (κ3) is 3.30. The Kier molecular flexibility index (Phi) is 4.86. The van der Waals surface area contributed by atoms with Gasteiger partial charge in [0.05, 0.1) is 5.69 Å².